The predicted molar refractivity (Wildman–Crippen MR) is 50.6 cm³/mol. The van der Waals surface area contributed by atoms with Crippen molar-refractivity contribution in [2.24, 2.45) is 0 Å². The van der Waals surface area contributed by atoms with Gasteiger partial charge in [-0.2, -0.15) is 0 Å². The molecule has 0 aliphatic carbocycles. The van der Waals surface area contributed by atoms with E-state index in [0.717, 1.165) is 6.54 Å². The maximum absolute atomic E-state index is 10.9. The second kappa shape index (κ2) is 6.86. The number of ether oxygens (including phenoxy) is 2. The lowest BCUT2D eigenvalue weighted by molar-refractivity contribution is -0.150. The molecule has 0 saturated carbocycles. The van der Waals surface area contributed by atoms with Gasteiger partial charge in [0.2, 0.25) is 0 Å². The van der Waals surface area contributed by atoms with Crippen molar-refractivity contribution in [1.82, 2.24) is 4.90 Å². The second-order valence-electron chi connectivity index (χ2n) is 3.19. The quantitative estimate of drug-likeness (QED) is 0.571. The maximum Gasteiger partial charge on any atom is 0.332 e. The fourth-order valence-electron chi connectivity index (χ4n) is 0.980. The Labute approximate surface area is 79.8 Å². The van der Waals surface area contributed by atoms with Gasteiger partial charge in [-0.05, 0) is 27.9 Å². The highest BCUT2D eigenvalue weighted by Gasteiger charge is 2.07. The summed E-state index contributed by atoms with van der Waals surface area (Å²) in [4.78, 5) is 12.9. The first-order valence-corrected chi connectivity index (χ1v) is 4.48. The average molecular weight is 189 g/mol. The van der Waals surface area contributed by atoms with Gasteiger partial charge in [-0.25, -0.2) is 4.79 Å². The molecule has 0 aromatic rings. The summed E-state index contributed by atoms with van der Waals surface area (Å²) in [7, 11) is 3.93. The van der Waals surface area contributed by atoms with E-state index in [2.05, 4.69) is 0 Å². The van der Waals surface area contributed by atoms with Crippen molar-refractivity contribution in [2.75, 3.05) is 33.9 Å². The molecule has 4 nitrogen and oxygen atoms in total. The van der Waals surface area contributed by atoms with Crippen LogP contribution in [0.15, 0.2) is 0 Å². The zero-order valence-corrected chi connectivity index (χ0v) is 8.87. The highest BCUT2D eigenvalue weighted by Crippen LogP contribution is 1.93. The van der Waals surface area contributed by atoms with Gasteiger partial charge >= 0.3 is 5.97 Å². The Balaban J connectivity index is 3.45. The van der Waals surface area contributed by atoms with Crippen LogP contribution in [0, 0.1) is 0 Å². The van der Waals surface area contributed by atoms with Gasteiger partial charge in [0.05, 0.1) is 12.7 Å². The molecule has 78 valence electrons. The normalized spacial score (nSPS) is 13.0. The Morgan fingerprint density at radius 2 is 2.08 bits per heavy atom. The van der Waals surface area contributed by atoms with Crippen LogP contribution >= 0.6 is 0 Å². The zero-order chi connectivity index (χ0) is 10.3. The minimum absolute atomic E-state index is 0.0445. The molecule has 0 spiro atoms. The molecule has 1 atom stereocenters. The van der Waals surface area contributed by atoms with Crippen LogP contribution in [-0.2, 0) is 14.3 Å². The summed E-state index contributed by atoms with van der Waals surface area (Å²) >= 11 is 0. The largest absolute Gasteiger partial charge is 0.464 e. The number of hydrogen-bond donors (Lipinski definition) is 0. The Hall–Kier alpha value is -0.610. The van der Waals surface area contributed by atoms with Crippen LogP contribution < -0.4 is 0 Å². The third kappa shape index (κ3) is 7.74. The summed E-state index contributed by atoms with van der Waals surface area (Å²) in [5.41, 5.74) is 0. The number of nitrogens with zero attached hydrogens (tertiary/aromatic N) is 1. The molecule has 0 heterocycles. The predicted octanol–water partition coefficient (Wildman–Crippen LogP) is 0.516. The number of esters is 1. The lowest BCUT2D eigenvalue weighted by Crippen LogP contribution is -2.28. The highest BCUT2D eigenvalue weighted by atomic mass is 16.6. The van der Waals surface area contributed by atoms with Crippen molar-refractivity contribution in [3.8, 4) is 0 Å². The van der Waals surface area contributed by atoms with Crippen molar-refractivity contribution >= 4 is 5.97 Å². The molecule has 0 saturated heterocycles. The highest BCUT2D eigenvalue weighted by molar-refractivity contribution is 5.70. The van der Waals surface area contributed by atoms with E-state index in [1.165, 1.54) is 0 Å². The average Bonchev–Trinajstić information content (AvgIpc) is 2.00. The van der Waals surface area contributed by atoms with Crippen molar-refractivity contribution in [3.63, 3.8) is 0 Å². The van der Waals surface area contributed by atoms with E-state index in [9.17, 15) is 4.79 Å². The van der Waals surface area contributed by atoms with Crippen LogP contribution in [0.1, 0.15) is 13.8 Å². The first kappa shape index (κ1) is 12.4. The van der Waals surface area contributed by atoms with Gasteiger partial charge in [0.1, 0.15) is 6.61 Å². The molecule has 0 amide bonds. The van der Waals surface area contributed by atoms with Gasteiger partial charge in [0.25, 0.3) is 0 Å². The third-order valence-corrected chi connectivity index (χ3v) is 1.41. The molecule has 0 radical (unpaired) electrons. The third-order valence-electron chi connectivity index (χ3n) is 1.41. The fraction of sp³-hybridized carbons (Fsp3) is 0.889. The number of rotatable bonds is 6. The van der Waals surface area contributed by atoms with E-state index >= 15 is 0 Å². The smallest absolute Gasteiger partial charge is 0.332 e. The van der Waals surface area contributed by atoms with Crippen molar-refractivity contribution in [2.45, 2.75) is 20.0 Å². The Kier molecular flexibility index (Phi) is 6.54. The summed E-state index contributed by atoms with van der Waals surface area (Å²) < 4.78 is 9.97. The summed E-state index contributed by atoms with van der Waals surface area (Å²) in [6.07, 6.45) is 0.0550. The maximum atomic E-state index is 10.9. The molecule has 0 aromatic carbocycles. The minimum Gasteiger partial charge on any atom is -0.464 e. The lowest BCUT2D eigenvalue weighted by Gasteiger charge is -2.16. The monoisotopic (exact) mass is 189 g/mol. The van der Waals surface area contributed by atoms with Crippen LogP contribution in [0.5, 0.6) is 0 Å². The van der Waals surface area contributed by atoms with Gasteiger partial charge in [0, 0.05) is 6.54 Å². The zero-order valence-electron chi connectivity index (χ0n) is 8.87. The van der Waals surface area contributed by atoms with Crippen LogP contribution in [0.25, 0.3) is 0 Å². The van der Waals surface area contributed by atoms with E-state index in [1.54, 1.807) is 6.92 Å². The Bertz CT molecular complexity index is 148. The summed E-state index contributed by atoms with van der Waals surface area (Å²) in [5, 5.41) is 0. The molecule has 0 fully saturated rings. The molecule has 0 aromatic heterocycles. The van der Waals surface area contributed by atoms with E-state index in [1.807, 2.05) is 25.9 Å². The molecular formula is C9H19NO3. The number of likely N-dealkylation sites (N-methyl/N-ethyl adjacent to an activating group) is 1. The van der Waals surface area contributed by atoms with Crippen LogP contribution in [0.2, 0.25) is 0 Å². The van der Waals surface area contributed by atoms with E-state index in [4.69, 9.17) is 9.47 Å². The van der Waals surface area contributed by atoms with Crippen LogP contribution in [0.3, 0.4) is 0 Å². The van der Waals surface area contributed by atoms with Crippen molar-refractivity contribution < 1.29 is 14.3 Å². The van der Waals surface area contributed by atoms with Crippen LogP contribution in [-0.4, -0.2) is 50.8 Å². The number of hydrogen-bond acceptors (Lipinski definition) is 4. The number of carbonyl (C=O) groups excluding carboxylic acids is 1. The van der Waals surface area contributed by atoms with Gasteiger partial charge in [-0.15, -0.1) is 0 Å². The molecule has 4 heteroatoms. The first-order chi connectivity index (χ1) is 6.06. The molecule has 0 aliphatic heterocycles. The Morgan fingerprint density at radius 1 is 1.46 bits per heavy atom. The van der Waals surface area contributed by atoms with Crippen LogP contribution in [0.4, 0.5) is 0 Å². The van der Waals surface area contributed by atoms with Gasteiger partial charge in [-0.1, -0.05) is 0 Å². The minimum atomic E-state index is -0.298. The van der Waals surface area contributed by atoms with Gasteiger partial charge < -0.3 is 14.4 Å². The van der Waals surface area contributed by atoms with Crippen molar-refractivity contribution in [3.05, 3.63) is 0 Å². The molecule has 13 heavy (non-hydrogen) atoms. The molecule has 1 unspecified atom stereocenters. The summed E-state index contributed by atoms with van der Waals surface area (Å²) in [6.45, 7) is 4.97. The molecule has 0 N–H and O–H groups in total. The summed E-state index contributed by atoms with van der Waals surface area (Å²) in [5.74, 6) is -0.298. The lowest BCUT2D eigenvalue weighted by atomic mass is 10.4. The van der Waals surface area contributed by atoms with Gasteiger partial charge in [-0.3, -0.25) is 0 Å². The van der Waals surface area contributed by atoms with Crippen molar-refractivity contribution in [1.29, 1.82) is 0 Å². The second-order valence-corrected chi connectivity index (χ2v) is 3.19. The molecule has 0 rings (SSSR count). The van der Waals surface area contributed by atoms with E-state index in [0.29, 0.717) is 6.61 Å². The topological polar surface area (TPSA) is 38.8 Å². The van der Waals surface area contributed by atoms with E-state index in [-0.39, 0.29) is 18.7 Å². The molecule has 0 bridgehead atoms. The molecule has 0 aliphatic rings. The number of carbonyl (C=O) groups is 1. The summed E-state index contributed by atoms with van der Waals surface area (Å²) in [6, 6.07) is 0. The first-order valence-electron chi connectivity index (χ1n) is 4.48. The molecular weight excluding hydrogens is 170 g/mol. The van der Waals surface area contributed by atoms with Gasteiger partial charge in [0.15, 0.2) is 0 Å². The Morgan fingerprint density at radius 3 is 2.54 bits per heavy atom. The van der Waals surface area contributed by atoms with E-state index < -0.39 is 0 Å². The standard InChI is InChI=1S/C9H19NO3/c1-5-12-9(11)7-13-8(2)6-10(3)4/h8H,5-7H2,1-4H3. The fourth-order valence-corrected chi connectivity index (χ4v) is 0.980. The SMILES string of the molecule is CCOC(=O)COC(C)CN(C)C.